The van der Waals surface area contributed by atoms with E-state index in [1.165, 1.54) is 6.07 Å². The Morgan fingerprint density at radius 2 is 1.70 bits per heavy atom. The van der Waals surface area contributed by atoms with Crippen LogP contribution in [-0.4, -0.2) is 87.3 Å². The zero-order valence-electron chi connectivity index (χ0n) is 13.9. The SMILES string of the molecule is Nc1ccn([C@@H]2O[C@H](COP(=O)(O)OP(=O)(O)OP(=O)(O)O)C(O)C2O)c(=O)n1.[MgH2]. The van der Waals surface area contributed by atoms with E-state index in [-0.39, 0.29) is 28.9 Å². The van der Waals surface area contributed by atoms with Gasteiger partial charge >= 0.3 is 52.2 Å². The van der Waals surface area contributed by atoms with E-state index in [0.717, 1.165) is 10.8 Å². The number of hydrogen-bond acceptors (Lipinski definition) is 12. The molecule has 2 heterocycles. The Kier molecular flexibility index (Phi) is 9.37. The number of hydrogen-bond donors (Lipinski definition) is 7. The minimum atomic E-state index is -5.71. The summed E-state index contributed by atoms with van der Waals surface area (Å²) >= 11 is 0. The van der Waals surface area contributed by atoms with Gasteiger partial charge in [0.1, 0.15) is 24.1 Å². The number of aliphatic hydroxyl groups is 2. The third-order valence-corrected chi connectivity index (χ3v) is 7.08. The van der Waals surface area contributed by atoms with E-state index in [4.69, 9.17) is 25.2 Å². The molecule has 0 saturated carbocycles. The lowest BCUT2D eigenvalue weighted by molar-refractivity contribution is -0.0541. The molecule has 2 rings (SSSR count). The van der Waals surface area contributed by atoms with E-state index in [0.29, 0.717) is 0 Å². The maximum atomic E-state index is 11.8. The second-order valence-corrected chi connectivity index (χ2v) is 9.90. The molecule has 1 fully saturated rings. The number of phosphoric acid groups is 3. The van der Waals surface area contributed by atoms with Crippen LogP contribution in [0.25, 0.3) is 0 Å². The maximum Gasteiger partial charge on any atom is 0.490 e. The lowest BCUT2D eigenvalue weighted by atomic mass is 10.1. The summed E-state index contributed by atoms with van der Waals surface area (Å²) in [6, 6.07) is 1.20. The molecule has 0 radical (unpaired) electrons. The lowest BCUT2D eigenvalue weighted by Crippen LogP contribution is -2.36. The molecule has 170 valence electrons. The first-order valence-electron chi connectivity index (χ1n) is 7.25. The summed E-state index contributed by atoms with van der Waals surface area (Å²) in [5, 5.41) is 20.0. The molecule has 8 N–H and O–H groups in total. The summed E-state index contributed by atoms with van der Waals surface area (Å²) in [5.41, 5.74) is 4.39. The Labute approximate surface area is 183 Å². The van der Waals surface area contributed by atoms with Crippen LogP contribution in [-0.2, 0) is 31.6 Å². The van der Waals surface area contributed by atoms with Crippen LogP contribution in [0.3, 0.4) is 0 Å². The average Bonchev–Trinajstić information content (AvgIpc) is 2.78. The minimum absolute atomic E-state index is 0. The van der Waals surface area contributed by atoms with Crippen LogP contribution in [0.1, 0.15) is 6.23 Å². The minimum Gasteiger partial charge on any atom is -0.387 e. The van der Waals surface area contributed by atoms with Crippen molar-refractivity contribution < 1.29 is 61.4 Å². The van der Waals surface area contributed by atoms with E-state index < -0.39 is 60.3 Å². The van der Waals surface area contributed by atoms with E-state index in [1.54, 1.807) is 0 Å². The third-order valence-electron chi connectivity index (χ3n) is 3.28. The van der Waals surface area contributed by atoms with Gasteiger partial charge in [-0.2, -0.15) is 13.6 Å². The summed E-state index contributed by atoms with van der Waals surface area (Å²) in [6.07, 6.45) is -5.38. The van der Waals surface area contributed by atoms with Crippen molar-refractivity contribution in [3.05, 3.63) is 22.7 Å². The highest BCUT2D eigenvalue weighted by Crippen LogP contribution is 2.66. The van der Waals surface area contributed by atoms with Crippen LogP contribution in [0.15, 0.2) is 17.1 Å². The molecule has 4 unspecified atom stereocenters. The van der Waals surface area contributed by atoms with Crippen molar-refractivity contribution in [3.8, 4) is 0 Å². The van der Waals surface area contributed by atoms with E-state index in [9.17, 15) is 33.6 Å². The molecular formula is C9H18MgN3O14P3. The fraction of sp³-hybridized carbons (Fsp3) is 0.556. The van der Waals surface area contributed by atoms with Gasteiger partial charge in [0.15, 0.2) is 6.23 Å². The number of nitrogens with zero attached hydrogens (tertiary/aromatic N) is 2. The molecule has 6 atom stereocenters. The number of phosphoric ester groups is 1. The van der Waals surface area contributed by atoms with Gasteiger partial charge in [0.2, 0.25) is 0 Å². The first-order chi connectivity index (χ1) is 13.1. The van der Waals surface area contributed by atoms with Crippen molar-refractivity contribution in [2.24, 2.45) is 0 Å². The standard InChI is InChI=1S/C9H16N3O14P3.Mg.2H/c10-5-1-2-12(9(15)11-5)8-7(14)6(13)4(24-8)3-23-28(19,20)26-29(21,22)25-27(16,17)18;;;/h1-2,4,6-8,13-14H,3H2,(H,19,20)(H,21,22)(H2,10,11,15)(H2,16,17,18);;;/t4-,6?,7?,8-;;;/m1.../s1. The van der Waals surface area contributed by atoms with E-state index >= 15 is 0 Å². The van der Waals surface area contributed by atoms with Crippen LogP contribution in [0, 0.1) is 0 Å². The lowest BCUT2D eigenvalue weighted by Gasteiger charge is -2.19. The molecule has 0 aromatic carbocycles. The van der Waals surface area contributed by atoms with Gasteiger partial charge in [0, 0.05) is 6.20 Å². The van der Waals surface area contributed by atoms with Crippen molar-refractivity contribution in [1.82, 2.24) is 9.55 Å². The van der Waals surface area contributed by atoms with Crippen molar-refractivity contribution in [2.45, 2.75) is 24.5 Å². The Morgan fingerprint density at radius 3 is 2.23 bits per heavy atom. The summed E-state index contributed by atoms with van der Waals surface area (Å²) < 4.78 is 50.8. The Bertz CT molecular complexity index is 952. The molecule has 1 saturated heterocycles. The van der Waals surface area contributed by atoms with E-state index in [1.807, 2.05) is 0 Å². The molecular weight excluding hydrogens is 491 g/mol. The first-order valence-corrected chi connectivity index (χ1v) is 11.8. The highest BCUT2D eigenvalue weighted by Gasteiger charge is 2.46. The van der Waals surface area contributed by atoms with Crippen LogP contribution < -0.4 is 11.4 Å². The molecule has 1 aromatic rings. The van der Waals surface area contributed by atoms with Gasteiger partial charge in [-0.1, -0.05) is 0 Å². The predicted molar refractivity (Wildman–Crippen MR) is 97.2 cm³/mol. The summed E-state index contributed by atoms with van der Waals surface area (Å²) in [6.45, 7) is -1.02. The van der Waals surface area contributed by atoms with Crippen LogP contribution in [0.4, 0.5) is 5.82 Å². The summed E-state index contributed by atoms with van der Waals surface area (Å²) in [7, 11) is -16.7. The highest BCUT2D eigenvalue weighted by molar-refractivity contribution is 7.66. The van der Waals surface area contributed by atoms with Crippen molar-refractivity contribution >= 4 is 52.3 Å². The molecule has 0 spiro atoms. The van der Waals surface area contributed by atoms with Gasteiger partial charge in [-0.05, 0) is 6.07 Å². The van der Waals surface area contributed by atoms with Crippen molar-refractivity contribution in [2.75, 3.05) is 12.3 Å². The second-order valence-electron chi connectivity index (χ2n) is 5.48. The third kappa shape index (κ3) is 7.70. The molecule has 1 aromatic heterocycles. The number of nitrogens with two attached hydrogens (primary N) is 1. The molecule has 21 heteroatoms. The number of anilines is 1. The second kappa shape index (κ2) is 10.1. The smallest absolute Gasteiger partial charge is 0.387 e. The average molecular weight is 509 g/mol. The van der Waals surface area contributed by atoms with Crippen molar-refractivity contribution in [1.29, 1.82) is 0 Å². The Hall–Kier alpha value is -0.264. The number of ether oxygens (including phenoxy) is 1. The van der Waals surface area contributed by atoms with Crippen LogP contribution in [0.5, 0.6) is 0 Å². The molecule has 0 amide bonds. The zero-order chi connectivity index (χ0) is 22.2. The monoisotopic (exact) mass is 509 g/mol. The molecule has 17 nitrogen and oxygen atoms in total. The van der Waals surface area contributed by atoms with Gasteiger partial charge in [-0.25, -0.2) is 18.5 Å². The van der Waals surface area contributed by atoms with E-state index in [2.05, 4.69) is 18.1 Å². The summed E-state index contributed by atoms with van der Waals surface area (Å²) in [5.74, 6) is -0.122. The molecule has 0 aliphatic carbocycles. The largest absolute Gasteiger partial charge is 0.490 e. The Balaban J connectivity index is 0.00000450. The van der Waals surface area contributed by atoms with Crippen LogP contribution >= 0.6 is 23.5 Å². The number of aliphatic hydroxyl groups excluding tert-OH is 2. The zero-order valence-corrected chi connectivity index (χ0v) is 16.6. The van der Waals surface area contributed by atoms with Crippen LogP contribution in [0.2, 0.25) is 0 Å². The Morgan fingerprint density at radius 1 is 1.10 bits per heavy atom. The molecule has 1 aliphatic heterocycles. The molecule has 1 aliphatic rings. The first kappa shape index (κ1) is 27.8. The van der Waals surface area contributed by atoms with Gasteiger partial charge in [-0.3, -0.25) is 9.09 Å². The number of rotatable bonds is 8. The van der Waals surface area contributed by atoms with Gasteiger partial charge in [-0.15, -0.1) is 0 Å². The van der Waals surface area contributed by atoms with Gasteiger partial charge in [0.05, 0.1) is 6.61 Å². The fourth-order valence-corrected chi connectivity index (χ4v) is 5.22. The number of nitrogen functional groups attached to an aromatic ring is 1. The number of aromatic nitrogens is 2. The van der Waals surface area contributed by atoms with Crippen molar-refractivity contribution in [3.63, 3.8) is 0 Å². The quantitative estimate of drug-likeness (QED) is 0.135. The maximum absolute atomic E-state index is 11.8. The topological polar surface area (TPSA) is 270 Å². The molecule has 30 heavy (non-hydrogen) atoms. The van der Waals surface area contributed by atoms with Gasteiger partial charge < -0.3 is 40.3 Å². The predicted octanol–water partition coefficient (Wildman–Crippen LogP) is -3.13. The fourth-order valence-electron chi connectivity index (χ4n) is 2.19. The highest BCUT2D eigenvalue weighted by atomic mass is 31.3. The molecule has 0 bridgehead atoms. The van der Waals surface area contributed by atoms with Gasteiger partial charge in [0.25, 0.3) is 0 Å². The summed E-state index contributed by atoms with van der Waals surface area (Å²) in [4.78, 5) is 50.5. The normalized spacial score (nSPS) is 28.3.